The van der Waals surface area contributed by atoms with Crippen LogP contribution in [0.1, 0.15) is 72.1 Å². The van der Waals surface area contributed by atoms with Crippen molar-refractivity contribution in [3.63, 3.8) is 0 Å². The van der Waals surface area contributed by atoms with Crippen LogP contribution in [0.4, 0.5) is 0 Å². The van der Waals surface area contributed by atoms with E-state index < -0.39 is 0 Å². The quantitative estimate of drug-likeness (QED) is 0.432. The van der Waals surface area contributed by atoms with Crippen molar-refractivity contribution < 1.29 is 5.11 Å². The number of nitrogens with one attached hydrogen (secondary N) is 1. The molecule has 0 aromatic carbocycles. The summed E-state index contributed by atoms with van der Waals surface area (Å²) in [6.07, 6.45) is 9.08. The van der Waals surface area contributed by atoms with Gasteiger partial charge >= 0.3 is 0 Å². The van der Waals surface area contributed by atoms with E-state index in [0.29, 0.717) is 6.04 Å². The molecule has 0 amide bonds. The lowest BCUT2D eigenvalue weighted by atomic mass is 10.0. The van der Waals surface area contributed by atoms with Crippen molar-refractivity contribution in [3.05, 3.63) is 0 Å². The minimum absolute atomic E-state index is 0.298. The second-order valence-electron chi connectivity index (χ2n) is 4.45. The highest BCUT2D eigenvalue weighted by molar-refractivity contribution is 4.68. The van der Waals surface area contributed by atoms with Crippen molar-refractivity contribution in [1.82, 2.24) is 5.32 Å². The van der Waals surface area contributed by atoms with Crippen LogP contribution in [-0.4, -0.2) is 17.4 Å². The first-order chi connectivity index (χ1) is 7.24. The Balaban J connectivity index is 3.70. The van der Waals surface area contributed by atoms with Gasteiger partial charge in [0, 0.05) is 6.04 Å². The van der Waals surface area contributed by atoms with Crippen LogP contribution in [0, 0.1) is 0 Å². The van der Waals surface area contributed by atoms with E-state index in [1.165, 1.54) is 38.5 Å². The molecule has 0 aliphatic rings. The van der Waals surface area contributed by atoms with Crippen molar-refractivity contribution in [2.24, 2.45) is 0 Å². The monoisotopic (exact) mass is 215 g/mol. The fourth-order valence-electron chi connectivity index (χ4n) is 1.93. The highest BCUT2D eigenvalue weighted by atomic mass is 16.3. The Morgan fingerprint density at radius 3 is 2.07 bits per heavy atom. The number of aliphatic hydroxyl groups excluding tert-OH is 1. The van der Waals surface area contributed by atoms with Gasteiger partial charge in [-0.2, -0.15) is 0 Å². The van der Waals surface area contributed by atoms with E-state index in [9.17, 15) is 5.11 Å². The first kappa shape index (κ1) is 14.9. The van der Waals surface area contributed by atoms with E-state index in [2.05, 4.69) is 26.1 Å². The molecule has 0 aliphatic heterocycles. The van der Waals surface area contributed by atoms with E-state index in [1.807, 2.05) is 0 Å². The summed E-state index contributed by atoms with van der Waals surface area (Å²) in [5.41, 5.74) is 0. The zero-order valence-corrected chi connectivity index (χ0v) is 10.8. The highest BCUT2D eigenvalue weighted by Gasteiger charge is 2.11. The molecule has 0 aromatic rings. The predicted octanol–water partition coefficient (Wildman–Crippen LogP) is 3.44. The predicted molar refractivity (Wildman–Crippen MR) is 66.9 cm³/mol. The standard InChI is InChI=1S/C13H29NO/c1-4-7-8-11-12(9-5-2)14-13(15)10-6-3/h12-15H,4-11H2,1-3H3. The average Bonchev–Trinajstić information content (AvgIpc) is 2.18. The van der Waals surface area contributed by atoms with E-state index in [1.54, 1.807) is 0 Å². The summed E-state index contributed by atoms with van der Waals surface area (Å²) in [5, 5.41) is 13.0. The summed E-state index contributed by atoms with van der Waals surface area (Å²) in [6, 6.07) is 0.517. The molecule has 0 aliphatic carbocycles. The van der Waals surface area contributed by atoms with Gasteiger partial charge in [-0.05, 0) is 19.3 Å². The molecule has 0 heterocycles. The van der Waals surface area contributed by atoms with Crippen molar-refractivity contribution in [3.8, 4) is 0 Å². The molecule has 2 heteroatoms. The third-order valence-corrected chi connectivity index (χ3v) is 2.78. The lowest BCUT2D eigenvalue weighted by Crippen LogP contribution is -2.38. The molecule has 0 saturated heterocycles. The molecule has 2 nitrogen and oxygen atoms in total. The van der Waals surface area contributed by atoms with Crippen LogP contribution in [0.25, 0.3) is 0 Å². The number of hydrogen-bond donors (Lipinski definition) is 2. The summed E-state index contributed by atoms with van der Waals surface area (Å²) in [6.45, 7) is 6.55. The second-order valence-corrected chi connectivity index (χ2v) is 4.45. The van der Waals surface area contributed by atoms with E-state index in [4.69, 9.17) is 0 Å². The van der Waals surface area contributed by atoms with E-state index in [0.717, 1.165) is 12.8 Å². The lowest BCUT2D eigenvalue weighted by Gasteiger charge is -2.22. The zero-order chi connectivity index (χ0) is 11.5. The van der Waals surface area contributed by atoms with Crippen LogP contribution >= 0.6 is 0 Å². The minimum Gasteiger partial charge on any atom is -0.379 e. The largest absolute Gasteiger partial charge is 0.379 e. The molecule has 2 N–H and O–H groups in total. The Morgan fingerprint density at radius 2 is 1.53 bits per heavy atom. The summed E-state index contributed by atoms with van der Waals surface area (Å²) < 4.78 is 0. The van der Waals surface area contributed by atoms with Gasteiger partial charge in [-0.15, -0.1) is 0 Å². The Hall–Kier alpha value is -0.0800. The Kier molecular flexibility index (Phi) is 10.4. The average molecular weight is 215 g/mol. The molecule has 0 aromatic heterocycles. The van der Waals surface area contributed by atoms with Gasteiger partial charge in [0.25, 0.3) is 0 Å². The topological polar surface area (TPSA) is 32.3 Å². The van der Waals surface area contributed by atoms with E-state index >= 15 is 0 Å². The molecule has 15 heavy (non-hydrogen) atoms. The summed E-state index contributed by atoms with van der Waals surface area (Å²) in [4.78, 5) is 0. The summed E-state index contributed by atoms with van der Waals surface area (Å²) in [7, 11) is 0. The molecule has 92 valence electrons. The van der Waals surface area contributed by atoms with Gasteiger partial charge < -0.3 is 5.11 Å². The fraction of sp³-hybridized carbons (Fsp3) is 1.00. The van der Waals surface area contributed by atoms with E-state index in [-0.39, 0.29) is 6.23 Å². The molecule has 0 rings (SSSR count). The van der Waals surface area contributed by atoms with Crippen LogP contribution in [0.5, 0.6) is 0 Å². The number of unbranched alkanes of at least 4 members (excludes halogenated alkanes) is 2. The van der Waals surface area contributed by atoms with Gasteiger partial charge in [0.15, 0.2) is 0 Å². The first-order valence-corrected chi connectivity index (χ1v) is 6.68. The second kappa shape index (κ2) is 10.4. The van der Waals surface area contributed by atoms with Crippen LogP contribution in [0.2, 0.25) is 0 Å². The van der Waals surface area contributed by atoms with Crippen molar-refractivity contribution in [2.45, 2.75) is 84.4 Å². The molecule has 0 bridgehead atoms. The van der Waals surface area contributed by atoms with Crippen LogP contribution in [-0.2, 0) is 0 Å². The first-order valence-electron chi connectivity index (χ1n) is 6.68. The molecular formula is C13H29NO. The summed E-state index contributed by atoms with van der Waals surface area (Å²) >= 11 is 0. The number of rotatable bonds is 10. The Bertz CT molecular complexity index is 128. The van der Waals surface area contributed by atoms with Crippen molar-refractivity contribution in [2.75, 3.05) is 0 Å². The van der Waals surface area contributed by atoms with Gasteiger partial charge in [-0.3, -0.25) is 5.32 Å². The molecule has 2 unspecified atom stereocenters. The van der Waals surface area contributed by atoms with Crippen molar-refractivity contribution >= 4 is 0 Å². The molecule has 0 radical (unpaired) electrons. The van der Waals surface area contributed by atoms with Crippen LogP contribution in [0.3, 0.4) is 0 Å². The van der Waals surface area contributed by atoms with Crippen molar-refractivity contribution in [1.29, 1.82) is 0 Å². The molecule has 0 fully saturated rings. The number of hydrogen-bond acceptors (Lipinski definition) is 2. The molecular weight excluding hydrogens is 186 g/mol. The molecule has 0 spiro atoms. The zero-order valence-electron chi connectivity index (χ0n) is 10.8. The van der Waals surface area contributed by atoms with Gasteiger partial charge in [-0.25, -0.2) is 0 Å². The van der Waals surface area contributed by atoms with Crippen LogP contribution < -0.4 is 5.32 Å². The smallest absolute Gasteiger partial charge is 0.105 e. The number of aliphatic hydroxyl groups is 1. The third kappa shape index (κ3) is 8.88. The maximum Gasteiger partial charge on any atom is 0.105 e. The van der Waals surface area contributed by atoms with Crippen LogP contribution in [0.15, 0.2) is 0 Å². The SMILES string of the molecule is CCCCCC(CCC)NC(O)CCC. The van der Waals surface area contributed by atoms with Gasteiger partial charge in [-0.1, -0.05) is 52.9 Å². The lowest BCUT2D eigenvalue weighted by molar-refractivity contribution is 0.108. The minimum atomic E-state index is -0.298. The van der Waals surface area contributed by atoms with Gasteiger partial charge in [0.2, 0.25) is 0 Å². The Labute approximate surface area is 95.5 Å². The third-order valence-electron chi connectivity index (χ3n) is 2.78. The molecule has 0 saturated carbocycles. The normalized spacial score (nSPS) is 15.2. The fourth-order valence-corrected chi connectivity index (χ4v) is 1.93. The maximum atomic E-state index is 9.69. The summed E-state index contributed by atoms with van der Waals surface area (Å²) in [5.74, 6) is 0. The van der Waals surface area contributed by atoms with Gasteiger partial charge in [0.1, 0.15) is 6.23 Å². The highest BCUT2D eigenvalue weighted by Crippen LogP contribution is 2.09. The molecule has 2 atom stereocenters. The maximum absolute atomic E-state index is 9.69. The van der Waals surface area contributed by atoms with Gasteiger partial charge in [0.05, 0.1) is 0 Å². The Morgan fingerprint density at radius 1 is 0.867 bits per heavy atom.